The highest BCUT2D eigenvalue weighted by atomic mass is 35.5. The Hall–Kier alpha value is -1.40. The van der Waals surface area contributed by atoms with Crippen LogP contribution in [0.2, 0.25) is 0 Å². The van der Waals surface area contributed by atoms with Crippen LogP contribution in [0.4, 0.5) is 13.6 Å². The van der Waals surface area contributed by atoms with E-state index in [1.165, 1.54) is 17.6 Å². The van der Waals surface area contributed by atoms with Crippen molar-refractivity contribution in [1.82, 2.24) is 5.43 Å². The summed E-state index contributed by atoms with van der Waals surface area (Å²) in [6.45, 7) is 0. The highest BCUT2D eigenvalue weighted by Gasteiger charge is 2.36. The van der Waals surface area contributed by atoms with Crippen LogP contribution in [0.15, 0.2) is 30.3 Å². The molecule has 0 saturated carbocycles. The maximum atomic E-state index is 13.1. The minimum Gasteiger partial charge on any atom is -0.379 e. The van der Waals surface area contributed by atoms with Crippen molar-refractivity contribution in [3.63, 3.8) is 0 Å². The molecule has 0 fully saturated rings. The van der Waals surface area contributed by atoms with E-state index < -0.39 is 17.8 Å². The lowest BCUT2D eigenvalue weighted by Gasteiger charge is -2.15. The third-order valence-electron chi connectivity index (χ3n) is 1.45. The van der Waals surface area contributed by atoms with E-state index in [0.717, 1.165) is 12.1 Å². The number of carbonyl (C=O) groups is 1. The minimum absolute atomic E-state index is 0. The van der Waals surface area contributed by atoms with Gasteiger partial charge in [0.25, 0.3) is 0 Å². The SMILES string of the molecule is Cl.NNC(=O)OC(F)(F)c1ccccc1. The van der Waals surface area contributed by atoms with Gasteiger partial charge in [0.15, 0.2) is 0 Å². The molecular weight excluding hydrogens is 230 g/mol. The summed E-state index contributed by atoms with van der Waals surface area (Å²) in [6.07, 6.45) is -5.07. The number of rotatable bonds is 2. The van der Waals surface area contributed by atoms with E-state index in [4.69, 9.17) is 0 Å². The molecule has 0 radical (unpaired) electrons. The maximum Gasteiger partial charge on any atom is 0.429 e. The lowest BCUT2D eigenvalue weighted by Crippen LogP contribution is -2.35. The molecule has 7 heteroatoms. The van der Waals surface area contributed by atoms with E-state index in [-0.39, 0.29) is 12.4 Å². The molecule has 1 aromatic carbocycles. The van der Waals surface area contributed by atoms with E-state index >= 15 is 0 Å². The Labute approximate surface area is 90.8 Å². The monoisotopic (exact) mass is 238 g/mol. The first kappa shape index (κ1) is 13.6. The van der Waals surface area contributed by atoms with Crippen molar-refractivity contribution in [3.8, 4) is 0 Å². The molecule has 0 aliphatic rings. The molecule has 3 N–H and O–H groups in total. The normalized spacial score (nSPS) is 10.1. The number of hydrazine groups is 1. The summed E-state index contributed by atoms with van der Waals surface area (Å²) in [5.41, 5.74) is 1.04. The van der Waals surface area contributed by atoms with Crippen LogP contribution in [-0.2, 0) is 10.8 Å². The summed E-state index contributed by atoms with van der Waals surface area (Å²) in [6, 6.07) is 6.68. The van der Waals surface area contributed by atoms with Crippen molar-refractivity contribution in [3.05, 3.63) is 35.9 Å². The van der Waals surface area contributed by atoms with E-state index in [2.05, 4.69) is 10.6 Å². The van der Waals surface area contributed by atoms with Crippen molar-refractivity contribution in [2.24, 2.45) is 5.84 Å². The van der Waals surface area contributed by atoms with Gasteiger partial charge in [-0.15, -0.1) is 12.4 Å². The molecule has 84 valence electrons. The Morgan fingerprint density at radius 3 is 2.33 bits per heavy atom. The summed E-state index contributed by atoms with van der Waals surface area (Å²) in [5, 5.41) is 0. The smallest absolute Gasteiger partial charge is 0.379 e. The molecule has 0 heterocycles. The molecular formula is C8H9ClF2N2O2. The van der Waals surface area contributed by atoms with Gasteiger partial charge in [-0.3, -0.25) is 5.43 Å². The first-order chi connectivity index (χ1) is 6.56. The molecule has 0 unspecified atom stereocenters. The van der Waals surface area contributed by atoms with Crippen LogP contribution in [0.3, 0.4) is 0 Å². The van der Waals surface area contributed by atoms with E-state index in [1.807, 2.05) is 0 Å². The summed E-state index contributed by atoms with van der Waals surface area (Å²) >= 11 is 0. The number of nitrogens with two attached hydrogens (primary N) is 1. The lowest BCUT2D eigenvalue weighted by atomic mass is 10.2. The van der Waals surface area contributed by atoms with Crippen molar-refractivity contribution in [2.75, 3.05) is 0 Å². The van der Waals surface area contributed by atoms with Gasteiger partial charge in [0, 0.05) is 0 Å². The van der Waals surface area contributed by atoms with Crippen LogP contribution in [-0.4, -0.2) is 6.09 Å². The van der Waals surface area contributed by atoms with Gasteiger partial charge < -0.3 is 4.74 Å². The van der Waals surface area contributed by atoms with Crippen LogP contribution in [0.25, 0.3) is 0 Å². The Kier molecular flexibility index (Phi) is 4.96. The largest absolute Gasteiger partial charge is 0.429 e. The number of alkyl halides is 2. The minimum atomic E-state index is -3.68. The second-order valence-electron chi connectivity index (χ2n) is 2.42. The van der Waals surface area contributed by atoms with Gasteiger partial charge in [0.1, 0.15) is 0 Å². The second-order valence-corrected chi connectivity index (χ2v) is 2.42. The van der Waals surface area contributed by atoms with Gasteiger partial charge in [-0.25, -0.2) is 10.6 Å². The van der Waals surface area contributed by atoms with Crippen molar-refractivity contribution >= 4 is 18.5 Å². The predicted molar refractivity (Wildman–Crippen MR) is 51.4 cm³/mol. The fraction of sp³-hybridized carbons (Fsp3) is 0.125. The lowest BCUT2D eigenvalue weighted by molar-refractivity contribution is -0.207. The zero-order valence-electron chi connectivity index (χ0n) is 7.44. The third kappa shape index (κ3) is 3.69. The second kappa shape index (κ2) is 5.47. The number of hydrogen-bond donors (Lipinski definition) is 2. The zero-order chi connectivity index (χ0) is 10.6. The third-order valence-corrected chi connectivity index (χ3v) is 1.45. The molecule has 1 amide bonds. The van der Waals surface area contributed by atoms with Crippen LogP contribution >= 0.6 is 12.4 Å². The average Bonchev–Trinajstić information content (AvgIpc) is 2.18. The fourth-order valence-electron chi connectivity index (χ4n) is 0.837. The summed E-state index contributed by atoms with van der Waals surface area (Å²) in [5.74, 6) is 4.60. The van der Waals surface area contributed by atoms with Gasteiger partial charge in [-0.2, -0.15) is 8.78 Å². The van der Waals surface area contributed by atoms with Gasteiger partial charge in [-0.05, 0) is 12.1 Å². The fourth-order valence-corrected chi connectivity index (χ4v) is 0.837. The van der Waals surface area contributed by atoms with Crippen LogP contribution in [0.1, 0.15) is 5.56 Å². The first-order valence-corrected chi connectivity index (χ1v) is 3.69. The van der Waals surface area contributed by atoms with Crippen molar-refractivity contribution < 1.29 is 18.3 Å². The van der Waals surface area contributed by atoms with E-state index in [1.54, 1.807) is 6.07 Å². The topological polar surface area (TPSA) is 64.3 Å². The molecule has 0 aromatic heterocycles. The van der Waals surface area contributed by atoms with Gasteiger partial charge in [-0.1, -0.05) is 18.2 Å². The number of hydrogen-bond acceptors (Lipinski definition) is 3. The highest BCUT2D eigenvalue weighted by molar-refractivity contribution is 5.85. The van der Waals surface area contributed by atoms with E-state index in [0.29, 0.717) is 0 Å². The Balaban J connectivity index is 0.00000196. The predicted octanol–water partition coefficient (Wildman–Crippen LogP) is 1.76. The molecule has 1 rings (SSSR count). The molecule has 0 aliphatic carbocycles. The first-order valence-electron chi connectivity index (χ1n) is 3.69. The Bertz CT molecular complexity index is 322. The number of nitrogens with one attached hydrogen (secondary N) is 1. The van der Waals surface area contributed by atoms with Crippen molar-refractivity contribution in [2.45, 2.75) is 6.11 Å². The standard InChI is InChI=1S/C8H8F2N2O2.ClH/c9-8(10,14-7(13)12-11)6-4-2-1-3-5-6;/h1-5H,11H2,(H,12,13);1H. The number of amides is 1. The summed E-state index contributed by atoms with van der Waals surface area (Å²) < 4.78 is 29.9. The number of halogens is 3. The molecule has 0 spiro atoms. The molecule has 0 saturated heterocycles. The zero-order valence-corrected chi connectivity index (χ0v) is 8.26. The van der Waals surface area contributed by atoms with Crippen LogP contribution in [0, 0.1) is 0 Å². The highest BCUT2D eigenvalue weighted by Crippen LogP contribution is 2.28. The van der Waals surface area contributed by atoms with Crippen molar-refractivity contribution in [1.29, 1.82) is 0 Å². The molecule has 0 atom stereocenters. The maximum absolute atomic E-state index is 13.1. The Morgan fingerprint density at radius 2 is 1.87 bits per heavy atom. The molecule has 4 nitrogen and oxygen atoms in total. The number of benzene rings is 1. The summed E-state index contributed by atoms with van der Waals surface area (Å²) in [4.78, 5) is 10.5. The van der Waals surface area contributed by atoms with Gasteiger partial charge >= 0.3 is 12.2 Å². The van der Waals surface area contributed by atoms with Gasteiger partial charge in [0.2, 0.25) is 0 Å². The number of ether oxygens (including phenoxy) is 1. The quantitative estimate of drug-likeness (QED) is 0.469. The molecule has 0 bridgehead atoms. The van der Waals surface area contributed by atoms with Gasteiger partial charge in [0.05, 0.1) is 5.56 Å². The average molecular weight is 239 g/mol. The number of carbonyl (C=O) groups excluding carboxylic acids is 1. The summed E-state index contributed by atoms with van der Waals surface area (Å²) in [7, 11) is 0. The van der Waals surface area contributed by atoms with Crippen LogP contribution < -0.4 is 11.3 Å². The molecule has 15 heavy (non-hydrogen) atoms. The Morgan fingerprint density at radius 1 is 1.33 bits per heavy atom. The van der Waals surface area contributed by atoms with E-state index in [9.17, 15) is 13.6 Å². The molecule has 0 aliphatic heterocycles. The molecule has 1 aromatic rings. The van der Waals surface area contributed by atoms with Crippen LogP contribution in [0.5, 0.6) is 0 Å².